The molecule has 2 heterocycles. The molecule has 1 aromatic heterocycles. The van der Waals surface area contributed by atoms with Crippen LogP contribution in [0.15, 0.2) is 77.4 Å². The first-order valence-electron chi connectivity index (χ1n) is 15.6. The first kappa shape index (κ1) is 33.9. The van der Waals surface area contributed by atoms with Crippen LogP contribution in [0.2, 0.25) is 0 Å². The fourth-order valence-corrected chi connectivity index (χ4v) is 4.99. The van der Waals surface area contributed by atoms with E-state index < -0.39 is 24.5 Å². The number of hydrogen-bond acceptors (Lipinski definition) is 11. The Morgan fingerprint density at radius 2 is 1.76 bits per heavy atom. The number of tetrazole rings is 1. The first-order valence-corrected chi connectivity index (χ1v) is 15.6. The number of ether oxygens (including phenoxy) is 4. The summed E-state index contributed by atoms with van der Waals surface area (Å²) in [5, 5.41) is 14.4. The fourth-order valence-electron chi connectivity index (χ4n) is 4.99. The van der Waals surface area contributed by atoms with Crippen molar-refractivity contribution in [1.82, 2.24) is 25.5 Å². The first-order chi connectivity index (χ1) is 22.3. The Bertz CT molecular complexity index is 1520. The molecular weight excluding hydrogens is 588 g/mol. The number of nitrogens with zero attached hydrogens (tertiary/aromatic N) is 5. The van der Waals surface area contributed by atoms with Crippen molar-refractivity contribution in [2.75, 3.05) is 6.61 Å². The van der Waals surface area contributed by atoms with E-state index in [1.165, 1.54) is 6.92 Å². The normalized spacial score (nSPS) is 16.7. The lowest BCUT2D eigenvalue weighted by atomic mass is 9.98. The van der Waals surface area contributed by atoms with Crippen molar-refractivity contribution in [2.24, 2.45) is 4.99 Å². The van der Waals surface area contributed by atoms with E-state index in [1.807, 2.05) is 75.4 Å². The van der Waals surface area contributed by atoms with Crippen LogP contribution < -0.4 is 0 Å². The number of benzene rings is 2. The molecule has 0 spiro atoms. The smallest absolute Gasteiger partial charge is 0.465 e. The number of unbranched alkanes of at least 4 members (excludes halogenated alkanes) is 2. The van der Waals surface area contributed by atoms with Gasteiger partial charge in [0, 0.05) is 19.0 Å². The molecule has 4 rings (SSSR count). The molecule has 1 aliphatic rings. The van der Waals surface area contributed by atoms with Crippen LogP contribution in [0.3, 0.4) is 0 Å². The van der Waals surface area contributed by atoms with E-state index in [-0.39, 0.29) is 6.10 Å². The molecule has 2 aromatic carbocycles. The second kappa shape index (κ2) is 16.9. The number of allylic oxidation sites excluding steroid dienone is 3. The van der Waals surface area contributed by atoms with Gasteiger partial charge in [-0.1, -0.05) is 80.4 Å². The lowest BCUT2D eigenvalue weighted by molar-refractivity contribution is -0.172. The van der Waals surface area contributed by atoms with E-state index in [4.69, 9.17) is 18.9 Å². The molecule has 3 aromatic rings. The van der Waals surface area contributed by atoms with Crippen molar-refractivity contribution in [3.05, 3.63) is 78.0 Å². The van der Waals surface area contributed by atoms with E-state index in [1.54, 1.807) is 17.1 Å². The van der Waals surface area contributed by atoms with Crippen molar-refractivity contribution in [3.63, 3.8) is 0 Å². The molecule has 0 radical (unpaired) electrons. The summed E-state index contributed by atoms with van der Waals surface area (Å²) in [6, 6.07) is 15.1. The third kappa shape index (κ3) is 9.02. The second-order valence-corrected chi connectivity index (χ2v) is 10.7. The number of carbonyl (C=O) groups excluding carboxylic acids is 2. The van der Waals surface area contributed by atoms with Crippen LogP contribution in [0.5, 0.6) is 0 Å². The minimum atomic E-state index is -1.18. The van der Waals surface area contributed by atoms with E-state index in [2.05, 4.69) is 32.5 Å². The van der Waals surface area contributed by atoms with Crippen LogP contribution in [0.1, 0.15) is 65.9 Å². The van der Waals surface area contributed by atoms with Crippen molar-refractivity contribution >= 4 is 18.1 Å². The van der Waals surface area contributed by atoms with Gasteiger partial charge in [0.15, 0.2) is 6.04 Å². The molecule has 1 N–H and O–H groups in total. The van der Waals surface area contributed by atoms with Gasteiger partial charge in [0.2, 0.25) is 12.1 Å². The average molecular weight is 631 g/mol. The lowest BCUT2D eigenvalue weighted by Crippen LogP contribution is -2.44. The number of hydrogen-bond donors (Lipinski definition) is 1. The van der Waals surface area contributed by atoms with Gasteiger partial charge >= 0.3 is 12.1 Å². The molecule has 0 amide bonds. The van der Waals surface area contributed by atoms with Crippen LogP contribution in [0.25, 0.3) is 22.5 Å². The number of aliphatic imine (C=N–C) groups is 1. The molecule has 0 saturated carbocycles. The number of H-pyrrole nitrogens is 1. The monoisotopic (exact) mass is 630 g/mol. The summed E-state index contributed by atoms with van der Waals surface area (Å²) in [6.45, 7) is 9.77. The Balaban J connectivity index is 1.50. The van der Waals surface area contributed by atoms with Gasteiger partial charge in [-0.25, -0.2) is 9.59 Å². The van der Waals surface area contributed by atoms with Gasteiger partial charge in [-0.15, -0.1) is 10.2 Å². The maximum Gasteiger partial charge on any atom is 0.511 e. The van der Waals surface area contributed by atoms with Crippen molar-refractivity contribution < 1.29 is 28.5 Å². The third-order valence-corrected chi connectivity index (χ3v) is 7.21. The largest absolute Gasteiger partial charge is 0.511 e. The van der Waals surface area contributed by atoms with Crippen LogP contribution >= 0.6 is 0 Å². The Morgan fingerprint density at radius 1 is 1.00 bits per heavy atom. The van der Waals surface area contributed by atoms with Gasteiger partial charge in [0.1, 0.15) is 6.10 Å². The number of nitrogens with one attached hydrogen (secondary N) is 1. The highest BCUT2D eigenvalue weighted by molar-refractivity contribution is 5.91. The molecular formula is C34H42N6O6. The molecule has 0 fully saturated rings. The van der Waals surface area contributed by atoms with Crippen LogP contribution in [-0.2, 0) is 30.3 Å². The molecule has 3 atom stereocenters. The molecule has 244 valence electrons. The molecule has 1 aliphatic heterocycles. The highest BCUT2D eigenvalue weighted by Crippen LogP contribution is 2.31. The quantitative estimate of drug-likeness (QED) is 0.118. The summed E-state index contributed by atoms with van der Waals surface area (Å²) in [6.07, 6.45) is 6.81. The number of aromatic nitrogens is 4. The number of aromatic amines is 1. The van der Waals surface area contributed by atoms with Crippen molar-refractivity contribution in [3.8, 4) is 22.5 Å². The van der Waals surface area contributed by atoms with Crippen molar-refractivity contribution in [2.45, 2.75) is 85.3 Å². The van der Waals surface area contributed by atoms with Gasteiger partial charge < -0.3 is 23.8 Å². The number of amidine groups is 1. The Hall–Kier alpha value is -5.00. The SMILES string of the molecule is C/C=C\C=C1\N=C(OCC)N(Cc2ccc(-c3ccccc3-c3nn[nH]n3)cc2)C1C(=O)OC(C)OC(=O)OC(C)CCCCC. The van der Waals surface area contributed by atoms with Gasteiger partial charge in [0.05, 0.1) is 12.3 Å². The zero-order valence-corrected chi connectivity index (χ0v) is 27.0. The topological polar surface area (TPSA) is 141 Å². The molecule has 0 saturated heterocycles. The van der Waals surface area contributed by atoms with Crippen LogP contribution in [-0.4, -0.2) is 68.7 Å². The predicted molar refractivity (Wildman–Crippen MR) is 173 cm³/mol. The van der Waals surface area contributed by atoms with E-state index in [0.29, 0.717) is 30.7 Å². The maximum atomic E-state index is 13.6. The minimum absolute atomic E-state index is 0.292. The second-order valence-electron chi connectivity index (χ2n) is 10.7. The number of carbonyl (C=O) groups is 2. The lowest BCUT2D eigenvalue weighted by Gasteiger charge is -2.27. The summed E-state index contributed by atoms with van der Waals surface area (Å²) in [4.78, 5) is 32.3. The van der Waals surface area contributed by atoms with E-state index in [9.17, 15) is 9.59 Å². The Labute approximate surface area is 269 Å². The van der Waals surface area contributed by atoms with Crippen molar-refractivity contribution in [1.29, 1.82) is 0 Å². The Kier molecular flexibility index (Phi) is 12.4. The predicted octanol–water partition coefficient (Wildman–Crippen LogP) is 6.58. The molecule has 12 nitrogen and oxygen atoms in total. The highest BCUT2D eigenvalue weighted by atomic mass is 16.8. The third-order valence-electron chi connectivity index (χ3n) is 7.21. The van der Waals surface area contributed by atoms with E-state index in [0.717, 1.165) is 47.9 Å². The number of esters is 1. The highest BCUT2D eigenvalue weighted by Gasteiger charge is 2.40. The van der Waals surface area contributed by atoms with Gasteiger partial charge in [0.25, 0.3) is 6.02 Å². The zero-order valence-electron chi connectivity index (χ0n) is 27.0. The Morgan fingerprint density at radius 3 is 2.43 bits per heavy atom. The average Bonchev–Trinajstić information content (AvgIpc) is 3.69. The summed E-state index contributed by atoms with van der Waals surface area (Å²) in [7, 11) is 0. The zero-order chi connectivity index (χ0) is 32.9. The molecule has 0 aliphatic carbocycles. The summed E-state index contributed by atoms with van der Waals surface area (Å²) in [5.41, 5.74) is 4.11. The molecule has 3 unspecified atom stereocenters. The van der Waals surface area contributed by atoms with Crippen LogP contribution in [0.4, 0.5) is 4.79 Å². The van der Waals surface area contributed by atoms with Gasteiger partial charge in [-0.05, 0) is 61.6 Å². The summed E-state index contributed by atoms with van der Waals surface area (Å²) < 4.78 is 22.0. The standard InChI is InChI=1S/C34H42N6O6/c1-6-9-11-14-23(4)44-34(42)46-24(5)45-32(41)30-29(17-10-7-2)35-33(43-8-3)40(30)22-25-18-20-26(21-19-25)27-15-12-13-16-28(27)31-36-38-39-37-31/h7,10,12-13,15-21,23-24,30H,6,8-9,11,14,22H2,1-5H3,(H,36,37,38,39)/b10-7-,29-17+. The van der Waals surface area contributed by atoms with Gasteiger partial charge in [-0.2, -0.15) is 10.2 Å². The maximum absolute atomic E-state index is 13.6. The van der Waals surface area contributed by atoms with E-state index >= 15 is 0 Å². The van der Waals surface area contributed by atoms with Gasteiger partial charge in [-0.3, -0.25) is 0 Å². The molecule has 0 bridgehead atoms. The summed E-state index contributed by atoms with van der Waals surface area (Å²) in [5.74, 6) is -0.139. The number of rotatable bonds is 14. The molecule has 46 heavy (non-hydrogen) atoms. The molecule has 12 heteroatoms. The fraction of sp³-hybridized carbons (Fsp3) is 0.412. The van der Waals surface area contributed by atoms with Crippen LogP contribution in [0, 0.1) is 0 Å². The minimum Gasteiger partial charge on any atom is -0.465 e. The summed E-state index contributed by atoms with van der Waals surface area (Å²) >= 11 is 0.